The Kier molecular flexibility index (Phi) is 6.47. The molecule has 0 aromatic heterocycles. The molecule has 82 valence electrons. The summed E-state index contributed by atoms with van der Waals surface area (Å²) in [5.74, 6) is -0.805. The highest BCUT2D eigenvalue weighted by Crippen LogP contribution is 2.08. The summed E-state index contributed by atoms with van der Waals surface area (Å²) in [5, 5.41) is 13.7. The number of carboxylic acids is 1. The highest BCUT2D eigenvalue weighted by Gasteiger charge is 2.18. The molecule has 0 saturated carbocycles. The highest BCUT2D eigenvalue weighted by molar-refractivity contribution is 5.71. The minimum absolute atomic E-state index is 0.140. The second kappa shape index (κ2) is 7.14. The third-order valence-electron chi connectivity index (χ3n) is 1.89. The molecule has 2 amide bonds. The first kappa shape index (κ1) is 12.7. The molecular weight excluding hydrogens is 186 g/mol. The van der Waals surface area contributed by atoms with Crippen LogP contribution in [0.3, 0.4) is 0 Å². The minimum atomic E-state index is -0.665. The number of carboxylic acid groups (broad SMARTS) is 1. The van der Waals surface area contributed by atoms with Gasteiger partial charge in [-0.3, -0.25) is 4.79 Å². The van der Waals surface area contributed by atoms with Gasteiger partial charge in [-0.25, -0.2) is 4.79 Å². The zero-order valence-electron chi connectivity index (χ0n) is 8.25. The van der Waals surface area contributed by atoms with E-state index in [4.69, 9.17) is 5.11 Å². The summed E-state index contributed by atoms with van der Waals surface area (Å²) in [4.78, 5) is 19.8. The number of nitrogens with one attached hydrogen (secondary N) is 2. The second-order valence-corrected chi connectivity index (χ2v) is 3.00. The Balaban J connectivity index is 0.000000292. The number of carbonyl (C=O) groups is 2. The van der Waals surface area contributed by atoms with Crippen LogP contribution < -0.4 is 16.4 Å². The average Bonchev–Trinajstić information content (AvgIpc) is 2.20. The van der Waals surface area contributed by atoms with Gasteiger partial charge < -0.3 is 21.5 Å². The van der Waals surface area contributed by atoms with E-state index in [0.29, 0.717) is 6.54 Å². The summed E-state index contributed by atoms with van der Waals surface area (Å²) in [7, 11) is 1.47. The minimum Gasteiger partial charge on any atom is -0.481 e. The third-order valence-corrected chi connectivity index (χ3v) is 1.89. The van der Waals surface area contributed by atoms with Crippen molar-refractivity contribution in [3.8, 4) is 0 Å². The van der Waals surface area contributed by atoms with Crippen LogP contribution in [0.2, 0.25) is 0 Å². The molecule has 0 aliphatic carbocycles. The maximum Gasteiger partial charge on any atom is 0.311 e. The number of piperidine rings is 1. The summed E-state index contributed by atoms with van der Waals surface area (Å²) in [5.41, 5.74) is 4.54. The van der Waals surface area contributed by atoms with E-state index in [1.807, 2.05) is 0 Å². The Morgan fingerprint density at radius 3 is 2.36 bits per heavy atom. The van der Waals surface area contributed by atoms with Crippen LogP contribution in [-0.4, -0.2) is 37.2 Å². The molecule has 1 heterocycles. The molecule has 0 spiro atoms. The van der Waals surface area contributed by atoms with Gasteiger partial charge >= 0.3 is 12.0 Å². The Hall–Kier alpha value is -1.30. The molecule has 0 aromatic carbocycles. The van der Waals surface area contributed by atoms with Crippen molar-refractivity contribution in [2.45, 2.75) is 12.8 Å². The van der Waals surface area contributed by atoms with Crippen molar-refractivity contribution in [2.24, 2.45) is 11.7 Å². The van der Waals surface area contributed by atoms with E-state index in [-0.39, 0.29) is 5.92 Å². The number of aliphatic carboxylic acids is 1. The fraction of sp³-hybridized carbons (Fsp3) is 0.750. The summed E-state index contributed by atoms with van der Waals surface area (Å²) in [6.07, 6.45) is 1.83. The van der Waals surface area contributed by atoms with Gasteiger partial charge in [0.2, 0.25) is 0 Å². The molecule has 0 radical (unpaired) electrons. The quantitative estimate of drug-likeness (QED) is 0.454. The van der Waals surface area contributed by atoms with Gasteiger partial charge in [-0.2, -0.15) is 0 Å². The van der Waals surface area contributed by atoms with Gasteiger partial charge in [0.1, 0.15) is 0 Å². The van der Waals surface area contributed by atoms with Crippen molar-refractivity contribution < 1.29 is 14.7 Å². The lowest BCUT2D eigenvalue weighted by Gasteiger charge is -2.18. The Bertz CT molecular complexity index is 190. The molecule has 1 rings (SSSR count). The monoisotopic (exact) mass is 203 g/mol. The topological polar surface area (TPSA) is 104 Å². The maximum atomic E-state index is 10.3. The largest absolute Gasteiger partial charge is 0.481 e. The second-order valence-electron chi connectivity index (χ2n) is 3.00. The van der Waals surface area contributed by atoms with E-state index in [2.05, 4.69) is 16.4 Å². The predicted octanol–water partition coefficient (Wildman–Crippen LogP) is -0.645. The molecule has 6 nitrogen and oxygen atoms in total. The Morgan fingerprint density at radius 1 is 1.57 bits per heavy atom. The molecule has 1 saturated heterocycles. The standard InChI is InChI=1S/C6H11NO2.C2H6N2O/c8-6(9)5-2-1-3-7-4-5;1-4-2(3)5/h5,7H,1-4H2,(H,8,9);1H3,(H3,3,4,5). The maximum absolute atomic E-state index is 10.3. The van der Waals surface area contributed by atoms with E-state index in [9.17, 15) is 9.59 Å². The SMILES string of the molecule is CNC(N)=O.O=C(O)C1CCCNC1. The van der Waals surface area contributed by atoms with Gasteiger partial charge in [0.15, 0.2) is 0 Å². The lowest BCUT2D eigenvalue weighted by Crippen LogP contribution is -2.34. The molecule has 0 aromatic rings. The predicted molar refractivity (Wildman–Crippen MR) is 51.9 cm³/mol. The summed E-state index contributed by atoms with van der Waals surface area (Å²) < 4.78 is 0. The van der Waals surface area contributed by atoms with Gasteiger partial charge in [-0.15, -0.1) is 0 Å². The summed E-state index contributed by atoms with van der Waals surface area (Å²) in [6, 6.07) is -0.495. The lowest BCUT2D eigenvalue weighted by molar-refractivity contribution is -0.142. The number of rotatable bonds is 1. The molecule has 5 N–H and O–H groups in total. The Labute approximate surface area is 82.9 Å². The van der Waals surface area contributed by atoms with Crippen molar-refractivity contribution in [3.05, 3.63) is 0 Å². The molecule has 1 aliphatic heterocycles. The fourth-order valence-corrected chi connectivity index (χ4v) is 1.06. The van der Waals surface area contributed by atoms with E-state index in [1.165, 1.54) is 7.05 Å². The van der Waals surface area contributed by atoms with Crippen molar-refractivity contribution in [2.75, 3.05) is 20.1 Å². The molecular formula is C8H17N3O3. The van der Waals surface area contributed by atoms with Crippen molar-refractivity contribution in [1.29, 1.82) is 0 Å². The number of hydrogen-bond acceptors (Lipinski definition) is 3. The zero-order chi connectivity index (χ0) is 11.0. The summed E-state index contributed by atoms with van der Waals surface area (Å²) >= 11 is 0. The number of amides is 2. The van der Waals surface area contributed by atoms with Crippen LogP contribution in [0.1, 0.15) is 12.8 Å². The summed E-state index contributed by atoms with van der Waals surface area (Å²) in [6.45, 7) is 1.62. The van der Waals surface area contributed by atoms with Crippen LogP contribution in [0.5, 0.6) is 0 Å². The van der Waals surface area contributed by atoms with E-state index < -0.39 is 12.0 Å². The van der Waals surface area contributed by atoms with Crippen LogP contribution in [-0.2, 0) is 4.79 Å². The number of hydrogen-bond donors (Lipinski definition) is 4. The average molecular weight is 203 g/mol. The molecule has 0 bridgehead atoms. The number of urea groups is 1. The normalized spacial score (nSPS) is 20.2. The van der Waals surface area contributed by atoms with E-state index in [0.717, 1.165) is 19.4 Å². The smallest absolute Gasteiger partial charge is 0.311 e. The van der Waals surface area contributed by atoms with Crippen LogP contribution in [0.4, 0.5) is 4.79 Å². The lowest BCUT2D eigenvalue weighted by atomic mass is 10.0. The molecule has 1 aliphatic rings. The van der Waals surface area contributed by atoms with Crippen LogP contribution in [0.25, 0.3) is 0 Å². The first-order chi connectivity index (χ1) is 6.57. The Morgan fingerprint density at radius 2 is 2.14 bits per heavy atom. The molecule has 14 heavy (non-hydrogen) atoms. The third kappa shape index (κ3) is 6.24. The zero-order valence-corrected chi connectivity index (χ0v) is 8.25. The molecule has 6 heteroatoms. The highest BCUT2D eigenvalue weighted by atomic mass is 16.4. The van der Waals surface area contributed by atoms with Crippen molar-refractivity contribution >= 4 is 12.0 Å². The van der Waals surface area contributed by atoms with E-state index >= 15 is 0 Å². The number of nitrogens with two attached hydrogens (primary N) is 1. The van der Waals surface area contributed by atoms with Crippen molar-refractivity contribution in [3.63, 3.8) is 0 Å². The molecule has 1 atom stereocenters. The molecule has 1 fully saturated rings. The first-order valence-corrected chi connectivity index (χ1v) is 4.48. The van der Waals surface area contributed by atoms with Gasteiger partial charge in [0.25, 0.3) is 0 Å². The van der Waals surface area contributed by atoms with Gasteiger partial charge in [-0.1, -0.05) is 0 Å². The van der Waals surface area contributed by atoms with Crippen LogP contribution >= 0.6 is 0 Å². The van der Waals surface area contributed by atoms with Gasteiger partial charge in [-0.05, 0) is 19.4 Å². The van der Waals surface area contributed by atoms with Gasteiger partial charge in [0, 0.05) is 13.6 Å². The van der Waals surface area contributed by atoms with Crippen LogP contribution in [0, 0.1) is 5.92 Å². The molecule has 1 unspecified atom stereocenters. The fourth-order valence-electron chi connectivity index (χ4n) is 1.06. The van der Waals surface area contributed by atoms with Gasteiger partial charge in [0.05, 0.1) is 5.92 Å². The number of carbonyl (C=O) groups excluding carboxylic acids is 1. The number of primary amides is 1. The van der Waals surface area contributed by atoms with E-state index in [1.54, 1.807) is 0 Å². The van der Waals surface area contributed by atoms with Crippen LogP contribution in [0.15, 0.2) is 0 Å². The van der Waals surface area contributed by atoms with Crippen molar-refractivity contribution in [1.82, 2.24) is 10.6 Å². The first-order valence-electron chi connectivity index (χ1n) is 4.48.